The van der Waals surface area contributed by atoms with Gasteiger partial charge < -0.3 is 15.2 Å². The number of anilines is 1. The van der Waals surface area contributed by atoms with E-state index in [9.17, 15) is 14.7 Å². The molecule has 5 nitrogen and oxygen atoms in total. The SMILES string of the molecule is C[C@H](OC(=O)c1ccc(Cl)cc1O)C(=O)Nc1cc(Cl)ccc1Cl. The molecule has 8 heteroatoms. The molecule has 0 aliphatic heterocycles. The lowest BCUT2D eigenvalue weighted by atomic mass is 10.2. The van der Waals surface area contributed by atoms with Crippen LogP contribution < -0.4 is 5.32 Å². The lowest BCUT2D eigenvalue weighted by molar-refractivity contribution is -0.123. The fraction of sp³-hybridized carbons (Fsp3) is 0.125. The van der Waals surface area contributed by atoms with Crippen LogP contribution in [0.5, 0.6) is 5.75 Å². The Morgan fingerprint density at radius 3 is 2.38 bits per heavy atom. The first-order valence-corrected chi connectivity index (χ1v) is 7.86. The molecule has 24 heavy (non-hydrogen) atoms. The molecular weight excluding hydrogens is 377 g/mol. The smallest absolute Gasteiger partial charge is 0.342 e. The summed E-state index contributed by atoms with van der Waals surface area (Å²) in [5.74, 6) is -1.79. The lowest BCUT2D eigenvalue weighted by Gasteiger charge is -2.15. The van der Waals surface area contributed by atoms with Gasteiger partial charge in [-0.1, -0.05) is 34.8 Å². The number of nitrogens with one attached hydrogen (secondary N) is 1. The molecule has 1 atom stereocenters. The third kappa shape index (κ3) is 4.54. The van der Waals surface area contributed by atoms with Crippen LogP contribution in [0.1, 0.15) is 17.3 Å². The van der Waals surface area contributed by atoms with Gasteiger partial charge in [0.2, 0.25) is 0 Å². The Morgan fingerprint density at radius 1 is 1.08 bits per heavy atom. The van der Waals surface area contributed by atoms with Crippen LogP contribution in [0.2, 0.25) is 15.1 Å². The Balaban J connectivity index is 2.05. The van der Waals surface area contributed by atoms with Gasteiger partial charge in [0.05, 0.1) is 10.7 Å². The van der Waals surface area contributed by atoms with Gasteiger partial charge in [-0.3, -0.25) is 4.79 Å². The summed E-state index contributed by atoms with van der Waals surface area (Å²) in [6, 6.07) is 8.51. The number of halogens is 3. The summed E-state index contributed by atoms with van der Waals surface area (Å²) in [7, 11) is 0. The second-order valence-electron chi connectivity index (χ2n) is 4.82. The average Bonchev–Trinajstić information content (AvgIpc) is 2.50. The first kappa shape index (κ1) is 18.4. The zero-order valence-corrected chi connectivity index (χ0v) is 14.6. The minimum atomic E-state index is -1.12. The van der Waals surface area contributed by atoms with Crippen LogP contribution in [0.3, 0.4) is 0 Å². The van der Waals surface area contributed by atoms with Gasteiger partial charge in [-0.25, -0.2) is 4.79 Å². The fourth-order valence-corrected chi connectivity index (χ4v) is 2.29. The Kier molecular flexibility index (Phi) is 5.94. The van der Waals surface area contributed by atoms with Crippen LogP contribution in [0.4, 0.5) is 5.69 Å². The number of ether oxygens (including phenoxy) is 1. The van der Waals surface area contributed by atoms with Crippen molar-refractivity contribution in [2.24, 2.45) is 0 Å². The quantitative estimate of drug-likeness (QED) is 0.754. The average molecular weight is 389 g/mol. The van der Waals surface area contributed by atoms with Crippen LogP contribution in [0.15, 0.2) is 36.4 Å². The van der Waals surface area contributed by atoms with Gasteiger partial charge in [0.15, 0.2) is 6.10 Å². The zero-order valence-electron chi connectivity index (χ0n) is 12.3. The maximum absolute atomic E-state index is 12.1. The van der Waals surface area contributed by atoms with Crippen LogP contribution in [0.25, 0.3) is 0 Å². The van der Waals surface area contributed by atoms with E-state index in [1.54, 1.807) is 6.07 Å². The number of carbonyl (C=O) groups is 2. The summed E-state index contributed by atoms with van der Waals surface area (Å²) in [4.78, 5) is 24.1. The van der Waals surface area contributed by atoms with Gasteiger partial charge >= 0.3 is 5.97 Å². The number of phenolic OH excluding ortho intramolecular Hbond substituents is 1. The molecule has 2 rings (SSSR count). The molecule has 0 aliphatic carbocycles. The standard InChI is InChI=1S/C16H12Cl3NO4/c1-8(15(22)20-13-6-9(17)3-5-12(13)19)24-16(23)11-4-2-10(18)7-14(11)21/h2-8,21H,1H3,(H,20,22)/t8-/m0/s1. The molecule has 0 bridgehead atoms. The number of benzene rings is 2. The maximum atomic E-state index is 12.1. The monoisotopic (exact) mass is 387 g/mol. The molecule has 2 aromatic carbocycles. The molecule has 0 aromatic heterocycles. The Morgan fingerprint density at radius 2 is 1.71 bits per heavy atom. The second kappa shape index (κ2) is 7.75. The first-order chi connectivity index (χ1) is 11.3. The third-order valence-electron chi connectivity index (χ3n) is 3.02. The number of amides is 1. The van der Waals surface area contributed by atoms with Crippen molar-refractivity contribution in [3.63, 3.8) is 0 Å². The van der Waals surface area contributed by atoms with Crippen molar-refractivity contribution in [3.05, 3.63) is 57.0 Å². The van der Waals surface area contributed by atoms with Gasteiger partial charge in [0.1, 0.15) is 11.3 Å². The highest BCUT2D eigenvalue weighted by Gasteiger charge is 2.21. The number of aromatic hydroxyl groups is 1. The Bertz CT molecular complexity index is 795. The largest absolute Gasteiger partial charge is 0.507 e. The van der Waals surface area contributed by atoms with Gasteiger partial charge in [-0.05, 0) is 43.3 Å². The number of hydrogen-bond donors (Lipinski definition) is 2. The van der Waals surface area contributed by atoms with E-state index in [2.05, 4.69) is 5.32 Å². The molecule has 1 amide bonds. The molecule has 0 saturated carbocycles. The lowest BCUT2D eigenvalue weighted by Crippen LogP contribution is -2.30. The Hall–Kier alpha value is -1.95. The highest BCUT2D eigenvalue weighted by atomic mass is 35.5. The van der Waals surface area contributed by atoms with Crippen LogP contribution >= 0.6 is 34.8 Å². The van der Waals surface area contributed by atoms with Crippen molar-refractivity contribution in [1.82, 2.24) is 0 Å². The highest BCUT2D eigenvalue weighted by Crippen LogP contribution is 2.26. The molecule has 126 valence electrons. The molecule has 0 saturated heterocycles. The van der Waals surface area contributed by atoms with Gasteiger partial charge in [0.25, 0.3) is 5.91 Å². The predicted octanol–water partition coefficient (Wildman–Crippen LogP) is 4.54. The van der Waals surface area contributed by atoms with Gasteiger partial charge in [-0.15, -0.1) is 0 Å². The molecule has 0 unspecified atom stereocenters. The van der Waals surface area contributed by atoms with Crippen molar-refractivity contribution in [3.8, 4) is 5.75 Å². The maximum Gasteiger partial charge on any atom is 0.342 e. The van der Waals surface area contributed by atoms with E-state index < -0.39 is 18.0 Å². The van der Waals surface area contributed by atoms with E-state index in [1.807, 2.05) is 0 Å². The number of hydrogen-bond acceptors (Lipinski definition) is 4. The van der Waals surface area contributed by atoms with E-state index in [-0.39, 0.29) is 16.3 Å². The molecule has 2 aromatic rings. The Labute approximate surface area is 153 Å². The topological polar surface area (TPSA) is 75.6 Å². The molecular formula is C16H12Cl3NO4. The summed E-state index contributed by atoms with van der Waals surface area (Å²) in [6.07, 6.45) is -1.12. The molecule has 0 fully saturated rings. The van der Waals surface area contributed by atoms with Crippen molar-refractivity contribution in [1.29, 1.82) is 0 Å². The summed E-state index contributed by atoms with van der Waals surface area (Å²) in [5, 5.41) is 13.2. The van der Waals surface area contributed by atoms with Gasteiger partial charge in [0, 0.05) is 10.0 Å². The second-order valence-corrected chi connectivity index (χ2v) is 6.10. The highest BCUT2D eigenvalue weighted by molar-refractivity contribution is 6.35. The van der Waals surface area contributed by atoms with Crippen molar-refractivity contribution >= 4 is 52.4 Å². The fourth-order valence-electron chi connectivity index (χ4n) is 1.78. The number of rotatable bonds is 4. The molecule has 2 N–H and O–H groups in total. The third-order valence-corrected chi connectivity index (χ3v) is 3.82. The van der Waals surface area contributed by atoms with Crippen LogP contribution in [0, 0.1) is 0 Å². The van der Waals surface area contributed by atoms with E-state index in [1.165, 1.54) is 37.3 Å². The molecule has 0 spiro atoms. The predicted molar refractivity (Wildman–Crippen MR) is 93.1 cm³/mol. The van der Waals surface area contributed by atoms with Gasteiger partial charge in [-0.2, -0.15) is 0 Å². The van der Waals surface area contributed by atoms with Crippen molar-refractivity contribution in [2.75, 3.05) is 5.32 Å². The summed E-state index contributed by atoms with van der Waals surface area (Å²) in [6.45, 7) is 1.39. The number of carbonyl (C=O) groups excluding carboxylic acids is 2. The summed E-state index contributed by atoms with van der Waals surface area (Å²) in [5.41, 5.74) is 0.200. The van der Waals surface area contributed by atoms with Crippen molar-refractivity contribution in [2.45, 2.75) is 13.0 Å². The van der Waals surface area contributed by atoms with Crippen LogP contribution in [-0.4, -0.2) is 23.1 Å². The molecule has 0 aliphatic rings. The minimum absolute atomic E-state index is 0.0974. The number of esters is 1. The molecule has 0 radical (unpaired) electrons. The van der Waals surface area contributed by atoms with E-state index in [0.29, 0.717) is 15.7 Å². The zero-order chi connectivity index (χ0) is 17.9. The first-order valence-electron chi connectivity index (χ1n) is 6.73. The van der Waals surface area contributed by atoms with Crippen molar-refractivity contribution < 1.29 is 19.4 Å². The normalized spacial score (nSPS) is 11.7. The van der Waals surface area contributed by atoms with E-state index in [0.717, 1.165) is 0 Å². The summed E-state index contributed by atoms with van der Waals surface area (Å²) < 4.78 is 5.03. The minimum Gasteiger partial charge on any atom is -0.507 e. The van der Waals surface area contributed by atoms with Crippen LogP contribution in [-0.2, 0) is 9.53 Å². The number of phenols is 1. The van der Waals surface area contributed by atoms with E-state index in [4.69, 9.17) is 39.5 Å². The van der Waals surface area contributed by atoms with E-state index >= 15 is 0 Å². The molecule has 0 heterocycles. The summed E-state index contributed by atoms with van der Waals surface area (Å²) >= 11 is 17.5.